The van der Waals surface area contributed by atoms with Crippen molar-refractivity contribution in [2.24, 2.45) is 0 Å². The second-order valence-corrected chi connectivity index (χ2v) is 6.39. The fourth-order valence-corrected chi connectivity index (χ4v) is 2.95. The number of carbonyl (C=O) groups excluding carboxylic acids is 1. The lowest BCUT2D eigenvalue weighted by Gasteiger charge is -2.15. The minimum atomic E-state index is -0.258. The van der Waals surface area contributed by atoms with Gasteiger partial charge in [0.2, 0.25) is 0 Å². The SMILES string of the molecule is CCOc1cc(C(=O)Nc2ccc(Br)cc2C)cc(Cl)c1OCC. The van der Waals surface area contributed by atoms with E-state index in [-0.39, 0.29) is 5.91 Å². The van der Waals surface area contributed by atoms with Gasteiger partial charge in [-0.1, -0.05) is 27.5 Å². The molecule has 0 fully saturated rings. The van der Waals surface area contributed by atoms with Crippen LogP contribution in [0.25, 0.3) is 0 Å². The Morgan fingerprint density at radius 1 is 1.17 bits per heavy atom. The topological polar surface area (TPSA) is 47.6 Å². The maximum Gasteiger partial charge on any atom is 0.255 e. The molecule has 0 unspecified atom stereocenters. The number of ether oxygens (including phenoxy) is 2. The Kier molecular flexibility index (Phi) is 6.52. The van der Waals surface area contributed by atoms with Gasteiger partial charge in [0, 0.05) is 15.7 Å². The first-order chi connectivity index (χ1) is 11.5. The quantitative estimate of drug-likeness (QED) is 0.685. The van der Waals surface area contributed by atoms with E-state index in [1.165, 1.54) is 0 Å². The van der Waals surface area contributed by atoms with E-state index in [1.54, 1.807) is 12.1 Å². The molecule has 2 aromatic rings. The van der Waals surface area contributed by atoms with Gasteiger partial charge >= 0.3 is 0 Å². The number of carbonyl (C=O) groups is 1. The zero-order valence-corrected chi connectivity index (χ0v) is 16.1. The molecular formula is C18H19BrClNO3. The Morgan fingerprint density at radius 3 is 2.50 bits per heavy atom. The fourth-order valence-electron chi connectivity index (χ4n) is 2.21. The van der Waals surface area contributed by atoms with Gasteiger partial charge in [0.1, 0.15) is 0 Å². The average Bonchev–Trinajstić information content (AvgIpc) is 2.53. The predicted molar refractivity (Wildman–Crippen MR) is 101 cm³/mol. The lowest BCUT2D eigenvalue weighted by molar-refractivity contribution is 0.102. The molecule has 0 aliphatic rings. The van der Waals surface area contributed by atoms with Crippen LogP contribution < -0.4 is 14.8 Å². The molecule has 0 bridgehead atoms. The van der Waals surface area contributed by atoms with Gasteiger partial charge in [0.05, 0.1) is 18.2 Å². The molecule has 24 heavy (non-hydrogen) atoms. The van der Waals surface area contributed by atoms with E-state index in [4.69, 9.17) is 21.1 Å². The van der Waals surface area contributed by atoms with E-state index in [9.17, 15) is 4.79 Å². The van der Waals surface area contributed by atoms with Crippen molar-refractivity contribution in [2.75, 3.05) is 18.5 Å². The maximum absolute atomic E-state index is 12.6. The van der Waals surface area contributed by atoms with E-state index in [0.29, 0.717) is 35.3 Å². The predicted octanol–water partition coefficient (Wildman–Crippen LogP) is 5.46. The molecule has 4 nitrogen and oxygen atoms in total. The first kappa shape index (κ1) is 18.6. The molecule has 1 amide bonds. The van der Waals surface area contributed by atoms with Crippen molar-refractivity contribution >= 4 is 39.1 Å². The minimum Gasteiger partial charge on any atom is -0.490 e. The highest BCUT2D eigenvalue weighted by Crippen LogP contribution is 2.37. The average molecular weight is 413 g/mol. The van der Waals surface area contributed by atoms with Crippen molar-refractivity contribution in [1.82, 2.24) is 0 Å². The first-order valence-corrected chi connectivity index (χ1v) is 8.80. The number of benzene rings is 2. The van der Waals surface area contributed by atoms with Gasteiger partial charge in [0.25, 0.3) is 5.91 Å². The number of halogens is 2. The van der Waals surface area contributed by atoms with Gasteiger partial charge in [-0.15, -0.1) is 0 Å². The van der Waals surface area contributed by atoms with Crippen molar-refractivity contribution in [1.29, 1.82) is 0 Å². The number of hydrogen-bond donors (Lipinski definition) is 1. The lowest BCUT2D eigenvalue weighted by Crippen LogP contribution is -2.13. The van der Waals surface area contributed by atoms with Crippen LogP contribution in [0.5, 0.6) is 11.5 Å². The van der Waals surface area contributed by atoms with Gasteiger partial charge in [0.15, 0.2) is 11.5 Å². The van der Waals surface area contributed by atoms with Crippen LogP contribution in [0.3, 0.4) is 0 Å². The molecule has 0 aliphatic carbocycles. The normalized spacial score (nSPS) is 10.4. The van der Waals surface area contributed by atoms with Crippen LogP contribution in [-0.4, -0.2) is 19.1 Å². The van der Waals surface area contributed by atoms with Crippen LogP contribution >= 0.6 is 27.5 Å². The lowest BCUT2D eigenvalue weighted by atomic mass is 10.1. The number of rotatable bonds is 6. The zero-order chi connectivity index (χ0) is 17.7. The first-order valence-electron chi connectivity index (χ1n) is 7.62. The summed E-state index contributed by atoms with van der Waals surface area (Å²) in [5.74, 6) is 0.660. The molecule has 1 N–H and O–H groups in total. The summed E-state index contributed by atoms with van der Waals surface area (Å²) in [5, 5.41) is 3.23. The van der Waals surface area contributed by atoms with Crippen molar-refractivity contribution in [3.8, 4) is 11.5 Å². The number of anilines is 1. The summed E-state index contributed by atoms with van der Waals surface area (Å²) in [6.45, 7) is 6.57. The molecule has 0 saturated carbocycles. The summed E-state index contributed by atoms with van der Waals surface area (Å²) >= 11 is 9.66. The number of hydrogen-bond acceptors (Lipinski definition) is 3. The van der Waals surface area contributed by atoms with Crippen LogP contribution in [0.1, 0.15) is 29.8 Å². The van der Waals surface area contributed by atoms with Crippen molar-refractivity contribution in [3.05, 3.63) is 51.0 Å². The number of aryl methyl sites for hydroxylation is 1. The molecule has 0 atom stereocenters. The Balaban J connectivity index is 2.31. The molecular weight excluding hydrogens is 394 g/mol. The largest absolute Gasteiger partial charge is 0.490 e. The Bertz CT molecular complexity index is 749. The van der Waals surface area contributed by atoms with E-state index >= 15 is 0 Å². The number of amides is 1. The smallest absolute Gasteiger partial charge is 0.255 e. The van der Waals surface area contributed by atoms with Crippen LogP contribution in [0, 0.1) is 6.92 Å². The molecule has 128 valence electrons. The third-order valence-corrected chi connectivity index (χ3v) is 4.07. The molecule has 6 heteroatoms. The minimum absolute atomic E-state index is 0.258. The molecule has 0 heterocycles. The van der Waals surface area contributed by atoms with E-state index in [1.807, 2.05) is 39.0 Å². The third kappa shape index (κ3) is 4.42. The fraction of sp³-hybridized carbons (Fsp3) is 0.278. The van der Waals surface area contributed by atoms with Gasteiger partial charge < -0.3 is 14.8 Å². The summed E-state index contributed by atoms with van der Waals surface area (Å²) in [7, 11) is 0. The summed E-state index contributed by atoms with van der Waals surface area (Å²) < 4.78 is 12.0. The summed E-state index contributed by atoms with van der Waals surface area (Å²) in [5.41, 5.74) is 2.11. The number of nitrogens with one attached hydrogen (secondary N) is 1. The van der Waals surface area contributed by atoms with Crippen LogP contribution in [-0.2, 0) is 0 Å². The molecule has 0 aromatic heterocycles. The maximum atomic E-state index is 12.6. The zero-order valence-electron chi connectivity index (χ0n) is 13.8. The van der Waals surface area contributed by atoms with Gasteiger partial charge in [-0.3, -0.25) is 4.79 Å². The molecule has 0 spiro atoms. The van der Waals surface area contributed by atoms with Gasteiger partial charge in [-0.05, 0) is 56.7 Å². The summed E-state index contributed by atoms with van der Waals surface area (Å²) in [6.07, 6.45) is 0. The highest BCUT2D eigenvalue weighted by atomic mass is 79.9. The van der Waals surface area contributed by atoms with E-state index in [2.05, 4.69) is 21.2 Å². The highest BCUT2D eigenvalue weighted by molar-refractivity contribution is 9.10. The van der Waals surface area contributed by atoms with Crippen LogP contribution in [0.15, 0.2) is 34.8 Å². The van der Waals surface area contributed by atoms with Gasteiger partial charge in [-0.2, -0.15) is 0 Å². The second kappa shape index (κ2) is 8.40. The molecule has 0 aliphatic heterocycles. The molecule has 2 rings (SSSR count). The van der Waals surface area contributed by atoms with Crippen LogP contribution in [0.2, 0.25) is 5.02 Å². The van der Waals surface area contributed by atoms with E-state index < -0.39 is 0 Å². The van der Waals surface area contributed by atoms with E-state index in [0.717, 1.165) is 15.7 Å². The second-order valence-electron chi connectivity index (χ2n) is 5.06. The molecule has 0 radical (unpaired) electrons. The van der Waals surface area contributed by atoms with Crippen molar-refractivity contribution in [2.45, 2.75) is 20.8 Å². The Morgan fingerprint density at radius 2 is 1.88 bits per heavy atom. The third-order valence-electron chi connectivity index (χ3n) is 3.30. The monoisotopic (exact) mass is 411 g/mol. The van der Waals surface area contributed by atoms with Crippen molar-refractivity contribution < 1.29 is 14.3 Å². The summed E-state index contributed by atoms with van der Waals surface area (Å²) in [6, 6.07) is 8.88. The Hall–Kier alpha value is -1.72. The Labute approximate surface area is 155 Å². The van der Waals surface area contributed by atoms with Crippen LogP contribution in [0.4, 0.5) is 5.69 Å². The standard InChI is InChI=1S/C18H19BrClNO3/c1-4-23-16-10-12(9-14(20)17(16)24-5-2)18(22)21-15-7-6-13(19)8-11(15)3/h6-10H,4-5H2,1-3H3,(H,21,22). The van der Waals surface area contributed by atoms with Crippen molar-refractivity contribution in [3.63, 3.8) is 0 Å². The molecule has 0 saturated heterocycles. The van der Waals surface area contributed by atoms with Gasteiger partial charge in [-0.25, -0.2) is 0 Å². The highest BCUT2D eigenvalue weighted by Gasteiger charge is 2.16. The summed E-state index contributed by atoms with van der Waals surface area (Å²) in [4.78, 5) is 12.6. The molecule has 2 aromatic carbocycles.